The largest absolute Gasteiger partial charge is 0.382 e. The van der Waals surface area contributed by atoms with Crippen molar-refractivity contribution in [3.63, 3.8) is 0 Å². The van der Waals surface area contributed by atoms with E-state index in [2.05, 4.69) is 22.5 Å². The Hall–Kier alpha value is -0.890. The van der Waals surface area contributed by atoms with Gasteiger partial charge in [-0.15, -0.1) is 0 Å². The Kier molecular flexibility index (Phi) is 13.8. The maximum Gasteiger partial charge on any atom is 0.191 e. The average Bonchev–Trinajstić information content (AvgIpc) is 2.61. The summed E-state index contributed by atoms with van der Waals surface area (Å²) in [5, 5.41) is 6.49. The minimum absolute atomic E-state index is 0.621. The predicted molar refractivity (Wildman–Crippen MR) is 95.7 cm³/mol. The summed E-state index contributed by atoms with van der Waals surface area (Å²) in [7, 11) is 1.67. The van der Waals surface area contributed by atoms with E-state index in [1.165, 1.54) is 0 Å². The van der Waals surface area contributed by atoms with Crippen molar-refractivity contribution in [3.8, 4) is 0 Å². The van der Waals surface area contributed by atoms with E-state index in [0.717, 1.165) is 71.3 Å². The highest BCUT2D eigenvalue weighted by Gasteiger charge is 2.13. The van der Waals surface area contributed by atoms with E-state index in [9.17, 15) is 0 Å². The first-order valence-corrected chi connectivity index (χ1v) is 9.11. The third-order valence-corrected chi connectivity index (χ3v) is 3.73. The summed E-state index contributed by atoms with van der Waals surface area (Å²) in [6, 6.07) is 0. The molecule has 0 atom stereocenters. The summed E-state index contributed by atoms with van der Waals surface area (Å²) >= 11 is 0. The van der Waals surface area contributed by atoms with Crippen molar-refractivity contribution < 1.29 is 18.9 Å². The fraction of sp³-hybridized carbons (Fsp3) is 0.941. The Morgan fingerprint density at radius 3 is 2.67 bits per heavy atom. The van der Waals surface area contributed by atoms with E-state index in [-0.39, 0.29) is 0 Å². The number of ether oxygens (including phenoxy) is 4. The van der Waals surface area contributed by atoms with E-state index >= 15 is 0 Å². The van der Waals surface area contributed by atoms with Crippen molar-refractivity contribution in [2.24, 2.45) is 10.9 Å². The summed E-state index contributed by atoms with van der Waals surface area (Å²) in [5.74, 6) is 1.50. The van der Waals surface area contributed by atoms with Gasteiger partial charge in [0.25, 0.3) is 0 Å². The molecular formula is C17H35N3O4. The van der Waals surface area contributed by atoms with Crippen molar-refractivity contribution in [1.29, 1.82) is 0 Å². The van der Waals surface area contributed by atoms with Crippen LogP contribution < -0.4 is 10.6 Å². The highest BCUT2D eigenvalue weighted by Crippen LogP contribution is 2.14. The number of guanidine groups is 1. The number of aliphatic imine (C=N–C) groups is 1. The van der Waals surface area contributed by atoms with E-state index in [0.29, 0.717) is 25.7 Å². The van der Waals surface area contributed by atoms with Gasteiger partial charge in [0.05, 0.1) is 19.8 Å². The molecule has 0 saturated carbocycles. The average molecular weight is 345 g/mol. The third-order valence-electron chi connectivity index (χ3n) is 3.73. The maximum atomic E-state index is 5.75. The van der Waals surface area contributed by atoms with Crippen LogP contribution in [0.3, 0.4) is 0 Å². The molecule has 1 saturated heterocycles. The molecule has 0 aromatic heterocycles. The quantitative estimate of drug-likeness (QED) is 0.295. The highest BCUT2D eigenvalue weighted by atomic mass is 16.5. The SMILES string of the molecule is CCNC(=NCCCOCC1CCOCC1)NCCOCCOC. The Labute approximate surface area is 146 Å². The molecule has 2 N–H and O–H groups in total. The van der Waals surface area contributed by atoms with Crippen LogP contribution in [0.5, 0.6) is 0 Å². The lowest BCUT2D eigenvalue weighted by molar-refractivity contribution is 0.0205. The van der Waals surface area contributed by atoms with Gasteiger partial charge in [0.15, 0.2) is 5.96 Å². The number of methoxy groups -OCH3 is 1. The van der Waals surface area contributed by atoms with Gasteiger partial charge in [0.1, 0.15) is 0 Å². The molecule has 7 nitrogen and oxygen atoms in total. The molecular weight excluding hydrogens is 310 g/mol. The molecule has 0 aliphatic carbocycles. The standard InChI is InChI=1S/C17H35N3O4/c1-3-18-17(20-8-12-23-14-13-21-2)19-7-4-9-24-15-16-5-10-22-11-6-16/h16H,3-15H2,1-2H3,(H2,18,19,20). The monoisotopic (exact) mass is 345 g/mol. The minimum atomic E-state index is 0.621. The molecule has 0 aromatic rings. The molecule has 0 bridgehead atoms. The lowest BCUT2D eigenvalue weighted by Gasteiger charge is -2.21. The Morgan fingerprint density at radius 2 is 1.92 bits per heavy atom. The number of nitrogens with one attached hydrogen (secondary N) is 2. The molecule has 0 radical (unpaired) electrons. The second kappa shape index (κ2) is 15.6. The van der Waals surface area contributed by atoms with Gasteiger partial charge in [-0.1, -0.05) is 0 Å². The molecule has 0 spiro atoms. The van der Waals surface area contributed by atoms with Crippen LogP contribution in [0.2, 0.25) is 0 Å². The van der Waals surface area contributed by atoms with Crippen LogP contribution in [-0.2, 0) is 18.9 Å². The maximum absolute atomic E-state index is 5.75. The number of nitrogens with zero attached hydrogens (tertiary/aromatic N) is 1. The van der Waals surface area contributed by atoms with Gasteiger partial charge < -0.3 is 29.6 Å². The second-order valence-electron chi connectivity index (χ2n) is 5.78. The van der Waals surface area contributed by atoms with Crippen molar-refractivity contribution in [1.82, 2.24) is 10.6 Å². The number of hydrogen-bond acceptors (Lipinski definition) is 5. The first kappa shape index (κ1) is 21.2. The summed E-state index contributed by atoms with van der Waals surface area (Å²) in [6.45, 7) is 9.66. The van der Waals surface area contributed by atoms with Gasteiger partial charge in [-0.05, 0) is 32.1 Å². The lowest BCUT2D eigenvalue weighted by atomic mass is 10.0. The first-order chi connectivity index (χ1) is 11.9. The van der Waals surface area contributed by atoms with Gasteiger partial charge >= 0.3 is 0 Å². The van der Waals surface area contributed by atoms with Crippen LogP contribution in [0, 0.1) is 5.92 Å². The smallest absolute Gasteiger partial charge is 0.191 e. The zero-order valence-corrected chi connectivity index (χ0v) is 15.3. The van der Waals surface area contributed by atoms with Gasteiger partial charge in [-0.2, -0.15) is 0 Å². The van der Waals surface area contributed by atoms with Crippen LogP contribution in [0.25, 0.3) is 0 Å². The summed E-state index contributed by atoms with van der Waals surface area (Å²) in [4.78, 5) is 4.55. The first-order valence-electron chi connectivity index (χ1n) is 9.11. The molecule has 1 heterocycles. The van der Waals surface area contributed by atoms with Gasteiger partial charge in [-0.25, -0.2) is 0 Å². The molecule has 1 rings (SSSR count). The van der Waals surface area contributed by atoms with Crippen LogP contribution in [0.15, 0.2) is 4.99 Å². The zero-order chi connectivity index (χ0) is 17.3. The fourth-order valence-electron chi connectivity index (χ4n) is 2.35. The Morgan fingerprint density at radius 1 is 1.08 bits per heavy atom. The lowest BCUT2D eigenvalue weighted by Crippen LogP contribution is -2.39. The van der Waals surface area contributed by atoms with E-state index in [1.54, 1.807) is 7.11 Å². The van der Waals surface area contributed by atoms with Crippen molar-refractivity contribution >= 4 is 5.96 Å². The van der Waals surface area contributed by atoms with E-state index < -0.39 is 0 Å². The molecule has 142 valence electrons. The third kappa shape index (κ3) is 11.6. The Bertz CT molecular complexity index is 310. The van der Waals surface area contributed by atoms with E-state index in [4.69, 9.17) is 18.9 Å². The van der Waals surface area contributed by atoms with Gasteiger partial charge in [-0.3, -0.25) is 4.99 Å². The van der Waals surface area contributed by atoms with Crippen molar-refractivity contribution in [3.05, 3.63) is 0 Å². The molecule has 1 fully saturated rings. The number of rotatable bonds is 13. The Balaban J connectivity index is 2.02. The highest BCUT2D eigenvalue weighted by molar-refractivity contribution is 5.79. The van der Waals surface area contributed by atoms with Crippen LogP contribution in [0.1, 0.15) is 26.2 Å². The molecule has 1 aliphatic rings. The summed E-state index contributed by atoms with van der Waals surface area (Å²) < 4.78 is 21.5. The number of hydrogen-bond donors (Lipinski definition) is 2. The van der Waals surface area contributed by atoms with Gasteiger partial charge in [0.2, 0.25) is 0 Å². The van der Waals surface area contributed by atoms with E-state index in [1.807, 2.05) is 0 Å². The zero-order valence-electron chi connectivity index (χ0n) is 15.3. The summed E-state index contributed by atoms with van der Waals surface area (Å²) in [6.07, 6.45) is 3.18. The fourth-order valence-corrected chi connectivity index (χ4v) is 2.35. The van der Waals surface area contributed by atoms with Crippen molar-refractivity contribution in [2.45, 2.75) is 26.2 Å². The molecule has 0 amide bonds. The molecule has 0 unspecified atom stereocenters. The molecule has 24 heavy (non-hydrogen) atoms. The topological polar surface area (TPSA) is 73.3 Å². The molecule has 1 aliphatic heterocycles. The van der Waals surface area contributed by atoms with Crippen LogP contribution >= 0.6 is 0 Å². The summed E-state index contributed by atoms with van der Waals surface area (Å²) in [5.41, 5.74) is 0. The molecule has 7 heteroatoms. The predicted octanol–water partition coefficient (Wildman–Crippen LogP) is 1.04. The van der Waals surface area contributed by atoms with Gasteiger partial charge in [0, 0.05) is 53.2 Å². The van der Waals surface area contributed by atoms with Crippen LogP contribution in [-0.4, -0.2) is 79.0 Å². The normalized spacial score (nSPS) is 16.3. The van der Waals surface area contributed by atoms with Crippen molar-refractivity contribution in [2.75, 3.05) is 73.0 Å². The van der Waals surface area contributed by atoms with Crippen LogP contribution in [0.4, 0.5) is 0 Å². The second-order valence-corrected chi connectivity index (χ2v) is 5.78. The minimum Gasteiger partial charge on any atom is -0.382 e. The molecule has 0 aromatic carbocycles.